The highest BCUT2D eigenvalue weighted by molar-refractivity contribution is 6.32. The van der Waals surface area contributed by atoms with Crippen molar-refractivity contribution in [2.45, 2.75) is 46.5 Å². The molecule has 1 aromatic rings. The number of aliphatic imine (C=N–C) groups is 2. The third-order valence-corrected chi connectivity index (χ3v) is 3.42. The number of nitrogens with zero attached hydrogens (tertiary/aromatic N) is 5. The summed E-state index contributed by atoms with van der Waals surface area (Å²) in [6.07, 6.45) is -2.07. The van der Waals surface area contributed by atoms with Gasteiger partial charge in [0.25, 0.3) is 0 Å². The molecule has 164 valence electrons. The molecule has 1 amide bonds. The number of rotatable bonds is 5. The number of hydrogen-bond donors (Lipinski definition) is 0. The number of hydrogen-bond acceptors (Lipinski definition) is 6. The van der Waals surface area contributed by atoms with E-state index in [1.54, 1.807) is 6.92 Å². The van der Waals surface area contributed by atoms with Gasteiger partial charge in [-0.2, -0.15) is 18.4 Å². The minimum atomic E-state index is -4.76. The van der Waals surface area contributed by atoms with E-state index in [1.165, 1.54) is 38.5 Å². The average Bonchev–Trinajstić information content (AvgIpc) is 2.74. The number of pyridine rings is 1. The zero-order valence-electron chi connectivity index (χ0n) is 17.4. The monoisotopic (exact) mass is 427 g/mol. The number of carbonyl (C=O) groups is 2. The lowest BCUT2D eigenvalue weighted by molar-refractivity contribution is -0.189. The zero-order valence-corrected chi connectivity index (χ0v) is 17.4. The molecule has 0 saturated carbocycles. The van der Waals surface area contributed by atoms with E-state index in [0.29, 0.717) is 5.69 Å². The van der Waals surface area contributed by atoms with Crippen LogP contribution < -0.4 is 0 Å². The van der Waals surface area contributed by atoms with Gasteiger partial charge in [0, 0.05) is 19.5 Å². The van der Waals surface area contributed by atoms with Crippen LogP contribution in [0.3, 0.4) is 0 Å². The maximum Gasteiger partial charge on any atom is 0.422 e. The number of ether oxygens (including phenoxy) is 1. The van der Waals surface area contributed by atoms with Crippen molar-refractivity contribution >= 4 is 23.9 Å². The van der Waals surface area contributed by atoms with Crippen LogP contribution in [-0.4, -0.2) is 59.7 Å². The molecule has 0 aliphatic rings. The van der Waals surface area contributed by atoms with Crippen LogP contribution in [0, 0.1) is 11.3 Å². The summed E-state index contributed by atoms with van der Waals surface area (Å²) in [5.74, 6) is -2.78. The molecule has 1 unspecified atom stereocenters. The maximum absolute atomic E-state index is 12.5. The lowest BCUT2D eigenvalue weighted by Crippen LogP contribution is -2.46. The van der Waals surface area contributed by atoms with E-state index >= 15 is 0 Å². The zero-order chi connectivity index (χ0) is 23.3. The van der Waals surface area contributed by atoms with Gasteiger partial charge in [0.15, 0.2) is 6.61 Å². The molecule has 11 heteroatoms. The summed E-state index contributed by atoms with van der Waals surface area (Å²) < 4.78 is 40.8. The van der Waals surface area contributed by atoms with E-state index in [1.807, 2.05) is 19.9 Å². The van der Waals surface area contributed by atoms with E-state index in [-0.39, 0.29) is 17.9 Å². The molecule has 0 bridgehead atoms. The van der Waals surface area contributed by atoms with Gasteiger partial charge in [-0.15, -0.1) is 0 Å². The van der Waals surface area contributed by atoms with Crippen molar-refractivity contribution in [2.75, 3.05) is 13.7 Å². The summed E-state index contributed by atoms with van der Waals surface area (Å²) in [5, 5.41) is 8.81. The number of amides is 1. The number of aromatic nitrogens is 1. The smallest absolute Gasteiger partial charge is 0.422 e. The van der Waals surface area contributed by atoms with E-state index in [9.17, 15) is 22.8 Å². The molecule has 0 aromatic carbocycles. The predicted octanol–water partition coefficient (Wildman–Crippen LogP) is 2.92. The molecule has 0 radical (unpaired) electrons. The topological polar surface area (TPSA) is 108 Å². The number of amidine groups is 1. The standard InChI is InChI=1S/C17H18F3N5O3.C2H6/c1-4-23-14(22-3)11(2)25(9-13-6-5-12(7-21)8-24-13)15(26)16(27)28-10-17(18,19)20;1-2/h4-6,8,11H,9-10H2,1-3H3;1-2H3. The fourth-order valence-electron chi connectivity index (χ4n) is 2.09. The first kappa shape index (κ1) is 26.7. The van der Waals surface area contributed by atoms with Gasteiger partial charge in [0.1, 0.15) is 11.9 Å². The van der Waals surface area contributed by atoms with Gasteiger partial charge in [-0.05, 0) is 26.0 Å². The molecule has 0 saturated heterocycles. The number of halogens is 3. The van der Waals surface area contributed by atoms with E-state index in [2.05, 4.69) is 19.7 Å². The fourth-order valence-corrected chi connectivity index (χ4v) is 2.09. The summed E-state index contributed by atoms with van der Waals surface area (Å²) in [5.41, 5.74) is 0.587. The predicted molar refractivity (Wildman–Crippen MR) is 105 cm³/mol. The van der Waals surface area contributed by atoms with Crippen molar-refractivity contribution in [3.05, 3.63) is 29.6 Å². The molecule has 1 rings (SSSR count). The van der Waals surface area contributed by atoms with Crippen LogP contribution >= 0.6 is 0 Å². The quantitative estimate of drug-likeness (QED) is 0.311. The van der Waals surface area contributed by atoms with Crippen LogP contribution in [0.25, 0.3) is 0 Å². The Morgan fingerprint density at radius 1 is 1.37 bits per heavy atom. The van der Waals surface area contributed by atoms with Crippen molar-refractivity contribution in [1.29, 1.82) is 5.26 Å². The minimum absolute atomic E-state index is 0.174. The Hall–Kier alpha value is -3.29. The molecule has 1 aromatic heterocycles. The summed E-state index contributed by atoms with van der Waals surface area (Å²) in [6.45, 7) is 5.01. The van der Waals surface area contributed by atoms with Gasteiger partial charge in [-0.1, -0.05) is 13.8 Å². The largest absolute Gasteiger partial charge is 0.449 e. The van der Waals surface area contributed by atoms with Gasteiger partial charge >= 0.3 is 18.1 Å². The fraction of sp³-hybridized carbons (Fsp3) is 0.474. The van der Waals surface area contributed by atoms with Crippen LogP contribution in [0.5, 0.6) is 0 Å². The molecular weight excluding hydrogens is 403 g/mol. The molecule has 1 heterocycles. The normalized spacial score (nSPS) is 12.4. The van der Waals surface area contributed by atoms with Crippen LogP contribution in [0.4, 0.5) is 13.2 Å². The Labute approximate surface area is 173 Å². The Morgan fingerprint density at radius 3 is 2.43 bits per heavy atom. The Bertz CT molecular complexity index is 799. The second-order valence-electron chi connectivity index (χ2n) is 5.42. The van der Waals surface area contributed by atoms with Crippen molar-refractivity contribution in [3.63, 3.8) is 0 Å². The molecule has 0 aliphatic heterocycles. The first-order valence-corrected chi connectivity index (χ1v) is 8.97. The van der Waals surface area contributed by atoms with Crippen LogP contribution in [0.15, 0.2) is 28.3 Å². The minimum Gasteiger partial charge on any atom is -0.449 e. The second-order valence-corrected chi connectivity index (χ2v) is 5.42. The molecule has 1 atom stereocenters. The SMILES string of the molecule is CC.CC=NC(=NC)C(C)N(Cc1ccc(C#N)cn1)C(=O)C(=O)OCC(F)(F)F. The highest BCUT2D eigenvalue weighted by Crippen LogP contribution is 2.16. The molecule has 0 spiro atoms. The van der Waals surface area contributed by atoms with Crippen molar-refractivity contribution in [2.24, 2.45) is 9.98 Å². The molecule has 0 aliphatic carbocycles. The molecule has 8 nitrogen and oxygen atoms in total. The number of nitriles is 1. The third kappa shape index (κ3) is 8.81. The van der Waals surface area contributed by atoms with Crippen LogP contribution in [-0.2, 0) is 20.9 Å². The lowest BCUT2D eigenvalue weighted by atomic mass is 10.2. The van der Waals surface area contributed by atoms with Crippen LogP contribution in [0.2, 0.25) is 0 Å². The Morgan fingerprint density at radius 2 is 2.00 bits per heavy atom. The first-order chi connectivity index (χ1) is 14.1. The van der Waals surface area contributed by atoms with E-state index in [4.69, 9.17) is 5.26 Å². The summed E-state index contributed by atoms with van der Waals surface area (Å²) in [7, 11) is 1.42. The summed E-state index contributed by atoms with van der Waals surface area (Å²) in [6, 6.07) is 3.94. The lowest BCUT2D eigenvalue weighted by Gasteiger charge is -2.27. The van der Waals surface area contributed by atoms with Gasteiger partial charge in [-0.25, -0.2) is 9.79 Å². The molecule has 30 heavy (non-hydrogen) atoms. The van der Waals surface area contributed by atoms with Gasteiger partial charge < -0.3 is 9.64 Å². The maximum atomic E-state index is 12.5. The van der Waals surface area contributed by atoms with Gasteiger partial charge in [0.05, 0.1) is 23.8 Å². The van der Waals surface area contributed by atoms with E-state index in [0.717, 1.165) is 4.90 Å². The first-order valence-electron chi connectivity index (χ1n) is 8.97. The molecule has 0 N–H and O–H groups in total. The van der Waals surface area contributed by atoms with Crippen molar-refractivity contribution in [1.82, 2.24) is 9.88 Å². The van der Waals surface area contributed by atoms with Crippen molar-refractivity contribution in [3.8, 4) is 6.07 Å². The molecule has 0 fully saturated rings. The second kappa shape index (κ2) is 13.0. The van der Waals surface area contributed by atoms with Crippen molar-refractivity contribution < 1.29 is 27.5 Å². The average molecular weight is 427 g/mol. The Balaban J connectivity index is 0.00000407. The highest BCUT2D eigenvalue weighted by atomic mass is 19.4. The highest BCUT2D eigenvalue weighted by Gasteiger charge is 2.35. The summed E-state index contributed by atoms with van der Waals surface area (Å²) in [4.78, 5) is 37.2. The van der Waals surface area contributed by atoms with Gasteiger partial charge in [-0.3, -0.25) is 14.8 Å². The number of carbonyl (C=O) groups excluding carboxylic acids is 2. The summed E-state index contributed by atoms with van der Waals surface area (Å²) >= 11 is 0. The third-order valence-electron chi connectivity index (χ3n) is 3.42. The van der Waals surface area contributed by atoms with E-state index < -0.39 is 30.7 Å². The van der Waals surface area contributed by atoms with Gasteiger partial charge in [0.2, 0.25) is 0 Å². The molecular formula is C19H24F3N5O3. The number of esters is 1. The Kier molecular flexibility index (Phi) is 11.6. The van der Waals surface area contributed by atoms with Crippen LogP contribution in [0.1, 0.15) is 39.0 Å². The number of alkyl halides is 3.